The number of thioether (sulfide) groups is 1. The van der Waals surface area contributed by atoms with Gasteiger partial charge in [0, 0.05) is 27.7 Å². The minimum absolute atomic E-state index is 0.351. The van der Waals surface area contributed by atoms with Gasteiger partial charge in [-0.25, -0.2) is 0 Å². The number of halogens is 1. The lowest BCUT2D eigenvalue weighted by molar-refractivity contribution is 0.414. The molecule has 0 spiro atoms. The first kappa shape index (κ1) is 13.8. The van der Waals surface area contributed by atoms with E-state index in [0.717, 1.165) is 27.4 Å². The van der Waals surface area contributed by atoms with Gasteiger partial charge < -0.3 is 10.1 Å². The van der Waals surface area contributed by atoms with E-state index in [1.54, 1.807) is 7.11 Å². The van der Waals surface area contributed by atoms with Crippen LogP contribution in [0.15, 0.2) is 46.9 Å². The van der Waals surface area contributed by atoms with Crippen LogP contribution in [0.5, 0.6) is 5.75 Å². The van der Waals surface area contributed by atoms with E-state index in [-0.39, 0.29) is 0 Å². The van der Waals surface area contributed by atoms with Crippen LogP contribution < -0.4 is 10.1 Å². The Balaban J connectivity index is 1.87. The zero-order valence-corrected chi connectivity index (χ0v) is 13.6. The number of benzene rings is 2. The lowest BCUT2D eigenvalue weighted by atomic mass is 10.0. The Kier molecular flexibility index (Phi) is 4.22. The third-order valence-electron chi connectivity index (χ3n) is 3.42. The normalized spacial score (nSPS) is 17.4. The van der Waals surface area contributed by atoms with Crippen LogP contribution in [0.4, 0.5) is 5.69 Å². The van der Waals surface area contributed by atoms with Crippen LogP contribution in [-0.4, -0.2) is 12.9 Å². The van der Waals surface area contributed by atoms with E-state index < -0.39 is 0 Å². The van der Waals surface area contributed by atoms with Crippen molar-refractivity contribution in [1.29, 1.82) is 0 Å². The van der Waals surface area contributed by atoms with Crippen molar-refractivity contribution in [3.8, 4) is 5.75 Å². The predicted molar refractivity (Wildman–Crippen MR) is 89.7 cm³/mol. The number of hydrogen-bond acceptors (Lipinski definition) is 3. The highest BCUT2D eigenvalue weighted by Crippen LogP contribution is 2.35. The Labute approximate surface area is 132 Å². The molecule has 0 amide bonds. The van der Waals surface area contributed by atoms with Gasteiger partial charge in [0.1, 0.15) is 5.75 Å². The van der Waals surface area contributed by atoms with Crippen LogP contribution in [-0.2, 0) is 5.75 Å². The molecule has 20 heavy (non-hydrogen) atoms. The van der Waals surface area contributed by atoms with Crippen molar-refractivity contribution in [2.45, 2.75) is 11.8 Å². The van der Waals surface area contributed by atoms with Crippen molar-refractivity contribution in [3.63, 3.8) is 0 Å². The molecule has 0 saturated carbocycles. The maximum absolute atomic E-state index is 5.32. The van der Waals surface area contributed by atoms with Crippen molar-refractivity contribution < 1.29 is 4.74 Å². The zero-order chi connectivity index (χ0) is 13.9. The van der Waals surface area contributed by atoms with E-state index in [9.17, 15) is 0 Å². The van der Waals surface area contributed by atoms with Crippen LogP contribution >= 0.6 is 27.7 Å². The third kappa shape index (κ3) is 2.96. The Bertz CT molecular complexity index is 617. The minimum atomic E-state index is 0.351. The fourth-order valence-corrected chi connectivity index (χ4v) is 4.04. The highest BCUT2D eigenvalue weighted by atomic mass is 79.9. The summed E-state index contributed by atoms with van der Waals surface area (Å²) in [7, 11) is 1.69. The molecule has 1 heterocycles. The van der Waals surface area contributed by atoms with Gasteiger partial charge in [-0.3, -0.25) is 0 Å². The van der Waals surface area contributed by atoms with Gasteiger partial charge in [-0.05, 0) is 23.3 Å². The maximum Gasteiger partial charge on any atom is 0.122 e. The molecule has 104 valence electrons. The summed E-state index contributed by atoms with van der Waals surface area (Å²) in [6.45, 7) is 0. The van der Waals surface area contributed by atoms with Crippen LogP contribution in [0.25, 0.3) is 0 Å². The highest BCUT2D eigenvalue weighted by molar-refractivity contribution is 9.10. The topological polar surface area (TPSA) is 21.3 Å². The molecule has 1 atom stereocenters. The van der Waals surface area contributed by atoms with Gasteiger partial charge in [0.2, 0.25) is 0 Å². The van der Waals surface area contributed by atoms with Crippen molar-refractivity contribution >= 4 is 33.4 Å². The highest BCUT2D eigenvalue weighted by Gasteiger charge is 2.20. The van der Waals surface area contributed by atoms with Crippen LogP contribution in [0.3, 0.4) is 0 Å². The van der Waals surface area contributed by atoms with Crippen molar-refractivity contribution in [2.75, 3.05) is 18.2 Å². The molecular weight excluding hydrogens is 334 g/mol. The summed E-state index contributed by atoms with van der Waals surface area (Å²) in [6.07, 6.45) is 0. The third-order valence-corrected chi connectivity index (χ3v) is 4.96. The largest absolute Gasteiger partial charge is 0.497 e. The lowest BCUT2D eigenvalue weighted by Crippen LogP contribution is -2.18. The number of anilines is 1. The van der Waals surface area contributed by atoms with Crippen molar-refractivity contribution in [2.24, 2.45) is 0 Å². The number of nitrogens with one attached hydrogen (secondary N) is 1. The van der Waals surface area contributed by atoms with Crippen molar-refractivity contribution in [1.82, 2.24) is 0 Å². The number of methoxy groups -OCH3 is 1. The van der Waals surface area contributed by atoms with Gasteiger partial charge in [0.15, 0.2) is 0 Å². The molecule has 0 aromatic heterocycles. The molecule has 1 aliphatic rings. The second kappa shape index (κ2) is 6.10. The van der Waals surface area contributed by atoms with Gasteiger partial charge in [0.05, 0.1) is 13.2 Å². The molecule has 2 aromatic rings. The Hall–Kier alpha value is -1.13. The van der Waals surface area contributed by atoms with Crippen LogP contribution in [0.1, 0.15) is 17.2 Å². The van der Waals surface area contributed by atoms with Gasteiger partial charge in [0.25, 0.3) is 0 Å². The van der Waals surface area contributed by atoms with E-state index in [4.69, 9.17) is 4.74 Å². The van der Waals surface area contributed by atoms with Gasteiger partial charge in [-0.15, -0.1) is 0 Å². The molecule has 0 bridgehead atoms. The summed E-state index contributed by atoms with van der Waals surface area (Å²) in [5, 5.41) is 3.62. The van der Waals surface area contributed by atoms with E-state index in [1.165, 1.54) is 11.1 Å². The van der Waals surface area contributed by atoms with Gasteiger partial charge >= 0.3 is 0 Å². The summed E-state index contributed by atoms with van der Waals surface area (Å²) in [4.78, 5) is 0. The van der Waals surface area contributed by atoms with E-state index >= 15 is 0 Å². The first-order chi connectivity index (χ1) is 9.76. The van der Waals surface area contributed by atoms with Gasteiger partial charge in [-0.1, -0.05) is 40.2 Å². The zero-order valence-electron chi connectivity index (χ0n) is 11.2. The summed E-state index contributed by atoms with van der Waals surface area (Å²) >= 11 is 5.50. The Morgan fingerprint density at radius 3 is 2.95 bits per heavy atom. The summed E-state index contributed by atoms with van der Waals surface area (Å²) in [5.41, 5.74) is 3.92. The number of fused-ring (bicyclic) bond motifs is 1. The standard InChI is InChI=1S/C16H16BrNOS/c1-19-14-7-12(17)6-13(8-14)18-16-10-20-9-11-4-2-3-5-15(11)16/h2-8,16,18H,9-10H2,1H3. The first-order valence-corrected chi connectivity index (χ1v) is 8.47. The fourth-order valence-electron chi connectivity index (χ4n) is 2.47. The number of ether oxygens (including phenoxy) is 1. The molecule has 0 aliphatic carbocycles. The monoisotopic (exact) mass is 349 g/mol. The quantitative estimate of drug-likeness (QED) is 0.854. The number of hydrogen-bond donors (Lipinski definition) is 1. The molecule has 0 saturated heterocycles. The molecule has 1 unspecified atom stereocenters. The molecule has 4 heteroatoms. The average Bonchev–Trinajstić information content (AvgIpc) is 2.47. The van der Waals surface area contributed by atoms with Crippen molar-refractivity contribution in [3.05, 3.63) is 58.1 Å². The summed E-state index contributed by atoms with van der Waals surface area (Å²) in [5.74, 6) is 3.06. The minimum Gasteiger partial charge on any atom is -0.497 e. The fraction of sp³-hybridized carbons (Fsp3) is 0.250. The second-order valence-corrected chi connectivity index (χ2v) is 6.74. The summed E-state index contributed by atoms with van der Waals surface area (Å²) in [6, 6.07) is 15.1. The smallest absolute Gasteiger partial charge is 0.122 e. The van der Waals surface area contributed by atoms with E-state index in [1.807, 2.05) is 23.9 Å². The van der Waals surface area contributed by atoms with E-state index in [2.05, 4.69) is 51.6 Å². The second-order valence-electron chi connectivity index (χ2n) is 4.79. The molecule has 1 N–H and O–H groups in total. The molecule has 0 fully saturated rings. The molecule has 1 aliphatic heterocycles. The SMILES string of the molecule is COc1cc(Br)cc(NC2CSCc3ccccc32)c1. The molecule has 2 nitrogen and oxygen atoms in total. The molecule has 0 radical (unpaired) electrons. The Morgan fingerprint density at radius 1 is 1.25 bits per heavy atom. The Morgan fingerprint density at radius 2 is 2.10 bits per heavy atom. The maximum atomic E-state index is 5.32. The summed E-state index contributed by atoms with van der Waals surface area (Å²) < 4.78 is 6.34. The first-order valence-electron chi connectivity index (χ1n) is 6.53. The van der Waals surface area contributed by atoms with Crippen LogP contribution in [0, 0.1) is 0 Å². The molecule has 3 rings (SSSR count). The molecular formula is C16H16BrNOS. The average molecular weight is 350 g/mol. The van der Waals surface area contributed by atoms with Gasteiger partial charge in [-0.2, -0.15) is 11.8 Å². The van der Waals surface area contributed by atoms with Crippen LogP contribution in [0.2, 0.25) is 0 Å². The lowest BCUT2D eigenvalue weighted by Gasteiger charge is -2.27. The molecule has 2 aromatic carbocycles. The number of rotatable bonds is 3. The predicted octanol–water partition coefficient (Wildman–Crippen LogP) is 4.86. The van der Waals surface area contributed by atoms with E-state index in [0.29, 0.717) is 6.04 Å².